The molecule has 0 unspecified atom stereocenters. The third kappa shape index (κ3) is 4.23. The molecule has 3 N–H and O–H groups in total. The lowest BCUT2D eigenvalue weighted by Crippen LogP contribution is -2.16. The summed E-state index contributed by atoms with van der Waals surface area (Å²) in [7, 11) is 0. The molecule has 4 nitrogen and oxygen atoms in total. The van der Waals surface area contributed by atoms with Crippen LogP contribution in [0.1, 0.15) is 16.8 Å². The molecule has 0 aliphatic carbocycles. The van der Waals surface area contributed by atoms with Crippen LogP contribution in [0.4, 0.5) is 11.4 Å². The summed E-state index contributed by atoms with van der Waals surface area (Å²) in [5, 5.41) is 3.73. The number of rotatable bonds is 4. The van der Waals surface area contributed by atoms with E-state index in [1.54, 1.807) is 6.07 Å². The minimum atomic E-state index is -0.0815. The van der Waals surface area contributed by atoms with E-state index in [0.717, 1.165) is 21.8 Å². The van der Waals surface area contributed by atoms with Crippen LogP contribution >= 0.6 is 11.8 Å². The minimum absolute atomic E-state index is 0.0815. The van der Waals surface area contributed by atoms with Crippen molar-refractivity contribution in [3.8, 4) is 0 Å². The molecule has 0 spiro atoms. The first-order valence-corrected chi connectivity index (χ1v) is 7.67. The van der Waals surface area contributed by atoms with Crippen molar-refractivity contribution in [3.05, 3.63) is 47.2 Å². The average molecular weight is 301 g/mol. The van der Waals surface area contributed by atoms with Crippen molar-refractivity contribution in [2.24, 2.45) is 0 Å². The summed E-state index contributed by atoms with van der Waals surface area (Å²) in [6, 6.07) is 9.56. The van der Waals surface area contributed by atoms with Crippen LogP contribution < -0.4 is 11.1 Å². The van der Waals surface area contributed by atoms with Crippen LogP contribution in [0, 0.1) is 20.8 Å². The van der Waals surface area contributed by atoms with Crippen molar-refractivity contribution in [1.82, 2.24) is 4.98 Å². The second-order valence-corrected chi connectivity index (χ2v) is 6.00. The number of nitrogens with two attached hydrogens (primary N) is 1. The zero-order valence-electron chi connectivity index (χ0n) is 12.4. The maximum atomic E-state index is 12.0. The number of para-hydroxylation sites is 1. The number of nitrogen functional groups attached to an aromatic ring is 1. The van der Waals surface area contributed by atoms with Gasteiger partial charge in [0.25, 0.3) is 0 Å². The van der Waals surface area contributed by atoms with Gasteiger partial charge in [0.1, 0.15) is 0 Å². The number of aromatic nitrogens is 1. The lowest BCUT2D eigenvalue weighted by molar-refractivity contribution is -0.113. The number of anilines is 2. The van der Waals surface area contributed by atoms with Crippen LogP contribution in [0.25, 0.3) is 0 Å². The van der Waals surface area contributed by atoms with E-state index in [1.165, 1.54) is 11.8 Å². The second kappa shape index (κ2) is 6.63. The normalized spacial score (nSPS) is 10.4. The highest BCUT2D eigenvalue weighted by molar-refractivity contribution is 7.99. The number of benzene rings is 1. The molecule has 0 aliphatic rings. The predicted octanol–water partition coefficient (Wildman–Crippen LogP) is 3.32. The topological polar surface area (TPSA) is 68.0 Å². The Morgan fingerprint density at radius 3 is 2.71 bits per heavy atom. The number of carbonyl (C=O) groups is 1. The maximum Gasteiger partial charge on any atom is 0.234 e. The van der Waals surface area contributed by atoms with Crippen molar-refractivity contribution in [1.29, 1.82) is 0 Å². The molecular weight excluding hydrogens is 282 g/mol. The quantitative estimate of drug-likeness (QED) is 0.671. The van der Waals surface area contributed by atoms with Crippen LogP contribution in [0.5, 0.6) is 0 Å². The fourth-order valence-electron chi connectivity index (χ4n) is 2.05. The summed E-state index contributed by atoms with van der Waals surface area (Å²) in [6.07, 6.45) is 0. The summed E-state index contributed by atoms with van der Waals surface area (Å²) in [4.78, 5) is 16.5. The van der Waals surface area contributed by atoms with Crippen molar-refractivity contribution in [2.45, 2.75) is 25.8 Å². The van der Waals surface area contributed by atoms with Crippen LogP contribution in [0.2, 0.25) is 0 Å². The number of nitrogens with one attached hydrogen (secondary N) is 1. The minimum Gasteiger partial charge on any atom is -0.397 e. The van der Waals surface area contributed by atoms with Gasteiger partial charge in [0.05, 0.1) is 22.2 Å². The first-order chi connectivity index (χ1) is 9.95. The number of amides is 1. The standard InChI is InChI=1S/C16H19N3OS/c1-10-7-12(3)18-15(8-10)21-9-14(20)19-16-11(2)5-4-6-13(16)17/h4-8H,9,17H2,1-3H3,(H,19,20). The molecular formula is C16H19N3OS. The summed E-state index contributed by atoms with van der Waals surface area (Å²) in [5.41, 5.74) is 10.2. The molecule has 0 saturated carbocycles. The van der Waals surface area contributed by atoms with Gasteiger partial charge in [0, 0.05) is 5.69 Å². The molecule has 110 valence electrons. The first-order valence-electron chi connectivity index (χ1n) is 6.69. The molecule has 1 heterocycles. The summed E-state index contributed by atoms with van der Waals surface area (Å²) in [5.74, 6) is 0.228. The van der Waals surface area contributed by atoms with Crippen molar-refractivity contribution < 1.29 is 4.79 Å². The Morgan fingerprint density at radius 1 is 1.29 bits per heavy atom. The highest BCUT2D eigenvalue weighted by atomic mass is 32.2. The smallest absolute Gasteiger partial charge is 0.234 e. The third-order valence-electron chi connectivity index (χ3n) is 2.99. The maximum absolute atomic E-state index is 12.0. The van der Waals surface area contributed by atoms with Crippen molar-refractivity contribution >= 4 is 29.0 Å². The molecule has 2 aromatic rings. The molecule has 1 aromatic heterocycles. The van der Waals surface area contributed by atoms with Gasteiger partial charge in [-0.05, 0) is 50.1 Å². The van der Waals surface area contributed by atoms with E-state index >= 15 is 0 Å². The van der Waals surface area contributed by atoms with Gasteiger partial charge in [-0.1, -0.05) is 23.9 Å². The van der Waals surface area contributed by atoms with Crippen LogP contribution in [0.3, 0.4) is 0 Å². The van der Waals surface area contributed by atoms with Gasteiger partial charge in [-0.25, -0.2) is 4.98 Å². The molecule has 0 atom stereocenters. The van der Waals surface area contributed by atoms with Crippen LogP contribution in [-0.4, -0.2) is 16.6 Å². The number of aryl methyl sites for hydroxylation is 3. The van der Waals surface area contributed by atoms with Crippen LogP contribution in [-0.2, 0) is 4.79 Å². The van der Waals surface area contributed by atoms with Crippen molar-refractivity contribution in [3.63, 3.8) is 0 Å². The molecule has 1 aromatic carbocycles. The fraction of sp³-hybridized carbons (Fsp3) is 0.250. The lowest BCUT2D eigenvalue weighted by atomic mass is 10.1. The molecule has 0 bridgehead atoms. The Balaban J connectivity index is 1.99. The van der Waals surface area contributed by atoms with E-state index in [-0.39, 0.29) is 5.91 Å². The van der Waals surface area contributed by atoms with E-state index in [0.29, 0.717) is 17.1 Å². The molecule has 0 aliphatic heterocycles. The van der Waals surface area contributed by atoms with Gasteiger partial charge in [0.15, 0.2) is 0 Å². The molecule has 1 amide bonds. The number of hydrogen-bond acceptors (Lipinski definition) is 4. The largest absolute Gasteiger partial charge is 0.397 e. The van der Waals surface area contributed by atoms with Gasteiger partial charge in [-0.3, -0.25) is 4.79 Å². The van der Waals surface area contributed by atoms with Gasteiger partial charge < -0.3 is 11.1 Å². The Bertz CT molecular complexity index is 630. The van der Waals surface area contributed by atoms with E-state index in [9.17, 15) is 4.79 Å². The zero-order chi connectivity index (χ0) is 15.4. The van der Waals surface area contributed by atoms with Crippen molar-refractivity contribution in [2.75, 3.05) is 16.8 Å². The Hall–Kier alpha value is -2.01. The third-order valence-corrected chi connectivity index (χ3v) is 3.91. The molecule has 0 saturated heterocycles. The summed E-state index contributed by atoms with van der Waals surface area (Å²) < 4.78 is 0. The number of nitrogens with zero attached hydrogens (tertiary/aromatic N) is 1. The molecule has 5 heteroatoms. The molecule has 2 rings (SSSR count). The monoisotopic (exact) mass is 301 g/mol. The van der Waals surface area contributed by atoms with Gasteiger partial charge in [-0.15, -0.1) is 0 Å². The van der Waals surface area contributed by atoms with E-state index < -0.39 is 0 Å². The highest BCUT2D eigenvalue weighted by Gasteiger charge is 2.09. The van der Waals surface area contributed by atoms with E-state index in [1.807, 2.05) is 45.0 Å². The van der Waals surface area contributed by atoms with Crippen LogP contribution in [0.15, 0.2) is 35.4 Å². The lowest BCUT2D eigenvalue weighted by Gasteiger charge is -2.11. The predicted molar refractivity (Wildman–Crippen MR) is 88.7 cm³/mol. The van der Waals surface area contributed by atoms with Gasteiger partial charge in [-0.2, -0.15) is 0 Å². The fourth-order valence-corrected chi connectivity index (χ4v) is 2.88. The second-order valence-electron chi connectivity index (χ2n) is 5.00. The number of pyridine rings is 1. The SMILES string of the molecule is Cc1cc(C)nc(SCC(=O)Nc2c(C)cccc2N)c1. The Morgan fingerprint density at radius 2 is 2.05 bits per heavy atom. The summed E-state index contributed by atoms with van der Waals surface area (Å²) >= 11 is 1.42. The number of thioether (sulfide) groups is 1. The molecule has 21 heavy (non-hydrogen) atoms. The molecule has 0 radical (unpaired) electrons. The zero-order valence-corrected chi connectivity index (χ0v) is 13.3. The molecule has 0 fully saturated rings. The Labute approximate surface area is 129 Å². The number of carbonyl (C=O) groups excluding carboxylic acids is 1. The van der Waals surface area contributed by atoms with Gasteiger partial charge in [0.2, 0.25) is 5.91 Å². The summed E-state index contributed by atoms with van der Waals surface area (Å²) in [6.45, 7) is 5.89. The van der Waals surface area contributed by atoms with E-state index in [2.05, 4.69) is 10.3 Å². The average Bonchev–Trinajstić information content (AvgIpc) is 2.40. The van der Waals surface area contributed by atoms with Gasteiger partial charge >= 0.3 is 0 Å². The number of hydrogen-bond donors (Lipinski definition) is 2. The Kier molecular flexibility index (Phi) is 4.85. The highest BCUT2D eigenvalue weighted by Crippen LogP contribution is 2.23. The van der Waals surface area contributed by atoms with E-state index in [4.69, 9.17) is 5.73 Å². The first kappa shape index (κ1) is 15.4.